The summed E-state index contributed by atoms with van der Waals surface area (Å²) in [5.74, 6) is 2.47. The number of unbranched alkanes of at least 4 members (excludes halogenated alkanes) is 15. The highest BCUT2D eigenvalue weighted by atomic mass is 33.1. The first kappa shape index (κ1) is 37.2. The number of hydrogen-bond donors (Lipinski definition) is 0. The monoisotopic (exact) mass is 612 g/mol. The van der Waals surface area contributed by atoms with E-state index in [1.807, 2.05) is 21.6 Å². The van der Waals surface area contributed by atoms with Crippen LogP contribution in [-0.2, 0) is 0 Å². The van der Waals surface area contributed by atoms with Crippen molar-refractivity contribution in [3.8, 4) is 0 Å². The van der Waals surface area contributed by atoms with Gasteiger partial charge in [0.2, 0.25) is 0 Å². The van der Waals surface area contributed by atoms with Crippen LogP contribution in [0.5, 0.6) is 0 Å². The lowest BCUT2D eigenvalue weighted by molar-refractivity contribution is 0.482. The highest BCUT2D eigenvalue weighted by molar-refractivity contribution is 8.84. The van der Waals surface area contributed by atoms with E-state index in [9.17, 15) is 0 Å². The maximum absolute atomic E-state index is 5.48. The molecule has 0 saturated heterocycles. The summed E-state index contributed by atoms with van der Waals surface area (Å²) < 4.78 is 2.11. The van der Waals surface area contributed by atoms with Crippen molar-refractivity contribution in [3.05, 3.63) is 0 Å². The van der Waals surface area contributed by atoms with Gasteiger partial charge < -0.3 is 9.80 Å². The Morgan fingerprint density at radius 1 is 0.417 bits per heavy atom. The van der Waals surface area contributed by atoms with E-state index in [1.54, 1.807) is 21.6 Å². The molecule has 0 N–H and O–H groups in total. The second-order valence-electron chi connectivity index (χ2n) is 9.34. The molecule has 0 fully saturated rings. The molecule has 0 unspecified atom stereocenters. The van der Waals surface area contributed by atoms with Gasteiger partial charge in [0.1, 0.15) is 8.64 Å². The number of rotatable bonds is 25. The molecule has 0 aromatic rings. The second kappa shape index (κ2) is 29.2. The summed E-state index contributed by atoms with van der Waals surface area (Å²) in [4.78, 5) is 4.53. The van der Waals surface area contributed by atoms with Crippen LogP contribution in [0.3, 0.4) is 0 Å². The second-order valence-corrected chi connectivity index (χ2v) is 15.4. The van der Waals surface area contributed by atoms with Gasteiger partial charge in [-0.15, -0.1) is 0 Å². The molecule has 0 saturated carbocycles. The molecule has 0 spiro atoms. The Kier molecular flexibility index (Phi) is 30.1. The van der Waals surface area contributed by atoms with Gasteiger partial charge in [0, 0.05) is 37.7 Å². The van der Waals surface area contributed by atoms with Gasteiger partial charge in [0.05, 0.1) is 0 Å². The van der Waals surface area contributed by atoms with Crippen molar-refractivity contribution >= 4 is 76.3 Å². The molecular weight excluding hydrogens is 557 g/mol. The van der Waals surface area contributed by atoms with Crippen molar-refractivity contribution < 1.29 is 0 Å². The summed E-state index contributed by atoms with van der Waals surface area (Å²) >= 11 is 11.0. The average molecular weight is 613 g/mol. The first-order chi connectivity index (χ1) is 17.6. The van der Waals surface area contributed by atoms with E-state index in [0.29, 0.717) is 0 Å². The van der Waals surface area contributed by atoms with Crippen molar-refractivity contribution in [2.24, 2.45) is 0 Å². The zero-order valence-corrected chi connectivity index (χ0v) is 28.8. The third-order valence-corrected chi connectivity index (χ3v) is 12.8. The Bertz CT molecular complexity index is 454. The molecule has 0 heterocycles. The minimum Gasteiger partial charge on any atom is -0.357 e. The first-order valence-corrected chi connectivity index (χ1v) is 20.2. The molecule has 8 heteroatoms. The van der Waals surface area contributed by atoms with E-state index >= 15 is 0 Å². The Balaban J connectivity index is 3.21. The van der Waals surface area contributed by atoms with E-state index in [2.05, 4.69) is 37.5 Å². The molecule has 0 rings (SSSR count). The number of nitrogens with zero attached hydrogens (tertiary/aromatic N) is 2. The summed E-state index contributed by atoms with van der Waals surface area (Å²) in [6.45, 7) is 12.8. The Morgan fingerprint density at radius 2 is 0.639 bits per heavy atom. The van der Waals surface area contributed by atoms with Crippen LogP contribution in [0.25, 0.3) is 0 Å². The van der Waals surface area contributed by atoms with E-state index in [4.69, 9.17) is 24.4 Å². The molecule has 0 bridgehead atoms. The van der Waals surface area contributed by atoms with Crippen molar-refractivity contribution in [3.63, 3.8) is 0 Å². The maximum atomic E-state index is 5.48. The van der Waals surface area contributed by atoms with Gasteiger partial charge >= 0.3 is 0 Å². The Morgan fingerprint density at radius 3 is 0.861 bits per heavy atom. The van der Waals surface area contributed by atoms with Gasteiger partial charge in [-0.3, -0.25) is 0 Å². The lowest BCUT2D eigenvalue weighted by Crippen LogP contribution is -2.25. The molecular formula is C28H56N2S6. The molecule has 2 nitrogen and oxygen atoms in total. The fourth-order valence-corrected chi connectivity index (χ4v) is 9.62. The van der Waals surface area contributed by atoms with Gasteiger partial charge in [-0.1, -0.05) is 136 Å². The molecule has 0 aliphatic rings. The predicted octanol–water partition coefficient (Wildman–Crippen LogP) is 11.2. The lowest BCUT2D eigenvalue weighted by atomic mass is 10.0. The van der Waals surface area contributed by atoms with Gasteiger partial charge in [-0.05, 0) is 62.1 Å². The van der Waals surface area contributed by atoms with Gasteiger partial charge in [-0.2, -0.15) is 0 Å². The lowest BCUT2D eigenvalue weighted by Gasteiger charge is -2.20. The molecule has 0 aromatic carbocycles. The molecule has 0 amide bonds. The van der Waals surface area contributed by atoms with Gasteiger partial charge in [0.15, 0.2) is 0 Å². The largest absolute Gasteiger partial charge is 0.357 e. The van der Waals surface area contributed by atoms with Crippen LogP contribution in [0.15, 0.2) is 0 Å². The first-order valence-electron chi connectivity index (χ1n) is 14.8. The minimum atomic E-state index is 1.02. The Hall–Kier alpha value is 1.18. The zero-order chi connectivity index (χ0) is 26.7. The highest BCUT2D eigenvalue weighted by Crippen LogP contribution is 2.27. The molecule has 214 valence electrons. The van der Waals surface area contributed by atoms with E-state index in [1.165, 1.54) is 114 Å². The van der Waals surface area contributed by atoms with Crippen LogP contribution in [-0.4, -0.2) is 56.1 Å². The van der Waals surface area contributed by atoms with Crippen molar-refractivity contribution in [2.45, 2.75) is 130 Å². The molecule has 0 aliphatic carbocycles. The van der Waals surface area contributed by atoms with Crippen LogP contribution >= 0.6 is 67.6 Å². The average Bonchev–Trinajstić information content (AvgIpc) is 2.88. The summed E-state index contributed by atoms with van der Waals surface area (Å²) in [5.41, 5.74) is 0. The van der Waals surface area contributed by atoms with Crippen LogP contribution < -0.4 is 0 Å². The van der Waals surface area contributed by atoms with E-state index in [-0.39, 0.29) is 0 Å². The molecule has 0 aliphatic heterocycles. The van der Waals surface area contributed by atoms with Crippen LogP contribution in [0.4, 0.5) is 0 Å². The number of thiocarbonyl (C=S) groups is 2. The summed E-state index contributed by atoms with van der Waals surface area (Å²) in [7, 11) is 7.47. The fraction of sp³-hybridized carbons (Fsp3) is 0.929. The third kappa shape index (κ3) is 23.1. The van der Waals surface area contributed by atoms with Crippen molar-refractivity contribution in [2.75, 3.05) is 37.7 Å². The summed E-state index contributed by atoms with van der Waals surface area (Å²) in [6.07, 6.45) is 22.7. The van der Waals surface area contributed by atoms with Crippen molar-refractivity contribution in [1.29, 1.82) is 0 Å². The summed E-state index contributed by atoms with van der Waals surface area (Å²) in [5, 5.41) is 0. The third-order valence-electron chi connectivity index (χ3n) is 6.51. The smallest absolute Gasteiger partial charge is 0.147 e. The zero-order valence-electron chi connectivity index (χ0n) is 23.9. The topological polar surface area (TPSA) is 6.48 Å². The minimum absolute atomic E-state index is 1.02. The fourth-order valence-electron chi connectivity index (χ4n) is 4.05. The SMILES string of the molecule is CCN(CC)C(=S)SSCCCCCCCCCCCCCCCCCCSSC(=S)N(CC)CC. The standard InChI is InChI=1S/C28H56N2S6/c1-5-29(6-2)27(31)35-33-25-23-21-19-17-15-13-11-9-10-12-14-16-18-20-22-24-26-34-36-28(32)30(7-3)8-4/h5-26H2,1-4H3. The summed E-state index contributed by atoms with van der Waals surface area (Å²) in [6, 6.07) is 0. The maximum Gasteiger partial charge on any atom is 0.147 e. The van der Waals surface area contributed by atoms with Crippen LogP contribution in [0.1, 0.15) is 130 Å². The van der Waals surface area contributed by atoms with Gasteiger partial charge in [0.25, 0.3) is 0 Å². The van der Waals surface area contributed by atoms with E-state index in [0.717, 1.165) is 34.8 Å². The van der Waals surface area contributed by atoms with Crippen molar-refractivity contribution in [1.82, 2.24) is 9.80 Å². The molecule has 0 radical (unpaired) electrons. The highest BCUT2D eigenvalue weighted by Gasteiger charge is 2.06. The Labute approximate surface area is 252 Å². The molecule has 0 aromatic heterocycles. The molecule has 0 atom stereocenters. The van der Waals surface area contributed by atoms with Crippen LogP contribution in [0, 0.1) is 0 Å². The van der Waals surface area contributed by atoms with E-state index < -0.39 is 0 Å². The predicted molar refractivity (Wildman–Crippen MR) is 185 cm³/mol. The van der Waals surface area contributed by atoms with Crippen LogP contribution in [0.2, 0.25) is 0 Å². The molecule has 36 heavy (non-hydrogen) atoms. The van der Waals surface area contributed by atoms with Gasteiger partial charge in [-0.25, -0.2) is 0 Å². The number of hydrogen-bond acceptors (Lipinski definition) is 6. The quantitative estimate of drug-likeness (QED) is 0.0563. The normalized spacial score (nSPS) is 11.1.